The first-order valence-corrected chi connectivity index (χ1v) is 11.0. The Bertz CT molecular complexity index is 1210. The van der Waals surface area contributed by atoms with Crippen LogP contribution in [0.4, 0.5) is 5.69 Å². The predicted octanol–water partition coefficient (Wildman–Crippen LogP) is 3.90. The maximum atomic E-state index is 12.5. The number of likely N-dealkylation sites (tertiary alicyclic amines) is 1. The number of fused-ring (bicyclic) bond motifs is 1. The molecule has 1 saturated heterocycles. The molecule has 8 heteroatoms. The number of carbonyl (C=O) groups is 1. The van der Waals surface area contributed by atoms with Crippen LogP contribution in [0.1, 0.15) is 18.6 Å². The summed E-state index contributed by atoms with van der Waals surface area (Å²) in [6.45, 7) is 0.806. The van der Waals surface area contributed by atoms with Gasteiger partial charge in [0.05, 0.1) is 4.90 Å². The summed E-state index contributed by atoms with van der Waals surface area (Å²) in [5, 5.41) is 3.66. The van der Waals surface area contributed by atoms with Gasteiger partial charge >= 0.3 is 0 Å². The van der Waals surface area contributed by atoms with Crippen molar-refractivity contribution in [3.8, 4) is 0 Å². The minimum absolute atomic E-state index is 0.0890. The van der Waals surface area contributed by atoms with E-state index >= 15 is 0 Å². The first kappa shape index (κ1) is 19.9. The molecule has 0 saturated carbocycles. The van der Waals surface area contributed by atoms with Gasteiger partial charge in [-0.05, 0) is 48.9 Å². The van der Waals surface area contributed by atoms with Gasteiger partial charge in [0.15, 0.2) is 0 Å². The first-order chi connectivity index (χ1) is 14.4. The molecule has 1 amide bonds. The van der Waals surface area contributed by atoms with Crippen LogP contribution >= 0.6 is 0 Å². The molecule has 2 aromatic carbocycles. The molecule has 0 bridgehead atoms. The molecular formula is C22H21N3O4S. The van der Waals surface area contributed by atoms with E-state index in [4.69, 9.17) is 4.42 Å². The Hall–Kier alpha value is -3.39. The van der Waals surface area contributed by atoms with Crippen molar-refractivity contribution < 1.29 is 17.6 Å². The van der Waals surface area contributed by atoms with E-state index in [2.05, 4.69) is 9.71 Å². The highest BCUT2D eigenvalue weighted by Gasteiger charge is 2.20. The number of nitrogens with zero attached hydrogens (tertiary/aromatic N) is 2. The molecule has 1 N–H and O–H groups in total. The smallest absolute Gasteiger partial charge is 0.283 e. The van der Waals surface area contributed by atoms with Crippen LogP contribution in [0.2, 0.25) is 0 Å². The number of hydrogen-bond acceptors (Lipinski definition) is 4. The quantitative estimate of drug-likeness (QED) is 0.629. The van der Waals surface area contributed by atoms with Crippen LogP contribution in [-0.4, -0.2) is 38.7 Å². The molecule has 1 fully saturated rings. The van der Waals surface area contributed by atoms with Gasteiger partial charge in [-0.3, -0.25) is 4.79 Å². The second-order valence-electron chi connectivity index (χ2n) is 7.04. The number of carbonyl (C=O) groups excluding carboxylic acids is 1. The Kier molecular flexibility index (Phi) is 5.41. The number of para-hydroxylation sites is 1. The number of nitrogens with one attached hydrogen (secondary N) is 1. The molecule has 1 aliphatic heterocycles. The second-order valence-corrected chi connectivity index (χ2v) is 8.65. The van der Waals surface area contributed by atoms with E-state index in [9.17, 15) is 13.2 Å². The zero-order chi connectivity index (χ0) is 21.1. The highest BCUT2D eigenvalue weighted by atomic mass is 32.2. The highest BCUT2D eigenvalue weighted by molar-refractivity contribution is 7.90. The summed E-state index contributed by atoms with van der Waals surface area (Å²) in [5.41, 5.74) is 1.24. The minimum Gasteiger partial charge on any atom is -0.457 e. The third kappa shape index (κ3) is 4.44. The largest absolute Gasteiger partial charge is 0.457 e. The molecule has 1 aliphatic rings. The van der Waals surface area contributed by atoms with Crippen LogP contribution in [0.5, 0.6) is 0 Å². The maximum Gasteiger partial charge on any atom is 0.283 e. The van der Waals surface area contributed by atoms with Crippen molar-refractivity contribution >= 4 is 44.5 Å². The molecule has 0 radical (unpaired) electrons. The van der Waals surface area contributed by atoms with Gasteiger partial charge in [-0.2, -0.15) is 8.42 Å². The van der Waals surface area contributed by atoms with E-state index in [0.717, 1.165) is 23.9 Å². The van der Waals surface area contributed by atoms with Crippen molar-refractivity contribution in [3.05, 3.63) is 66.4 Å². The van der Waals surface area contributed by atoms with Crippen molar-refractivity contribution in [2.45, 2.75) is 17.7 Å². The van der Waals surface area contributed by atoms with Crippen molar-refractivity contribution in [2.24, 2.45) is 4.40 Å². The van der Waals surface area contributed by atoms with Crippen molar-refractivity contribution in [3.63, 3.8) is 0 Å². The summed E-state index contributed by atoms with van der Waals surface area (Å²) in [5.74, 6) is 0.797. The predicted molar refractivity (Wildman–Crippen MR) is 117 cm³/mol. The molecule has 4 rings (SSSR count). The molecule has 3 aromatic rings. The summed E-state index contributed by atoms with van der Waals surface area (Å²) in [6.07, 6.45) is 4.51. The lowest BCUT2D eigenvalue weighted by molar-refractivity contribution is -0.111. The molecule has 0 atom stereocenters. The average Bonchev–Trinajstić information content (AvgIpc) is 3.32. The normalized spacial score (nSPS) is 16.0. The first-order valence-electron chi connectivity index (χ1n) is 9.53. The number of anilines is 1. The molecular weight excluding hydrogens is 402 g/mol. The van der Waals surface area contributed by atoms with Gasteiger partial charge in [0.1, 0.15) is 17.2 Å². The lowest BCUT2D eigenvalue weighted by Crippen LogP contribution is -2.20. The van der Waals surface area contributed by atoms with Gasteiger partial charge in [-0.25, -0.2) is 0 Å². The van der Waals surface area contributed by atoms with E-state index in [1.54, 1.807) is 18.2 Å². The van der Waals surface area contributed by atoms with Crippen LogP contribution in [-0.2, 0) is 14.8 Å². The Labute approximate surface area is 174 Å². The number of benzene rings is 2. The Morgan fingerprint density at radius 3 is 2.63 bits per heavy atom. The van der Waals surface area contributed by atoms with Gasteiger partial charge in [0, 0.05) is 37.2 Å². The minimum atomic E-state index is -3.77. The fourth-order valence-corrected chi connectivity index (χ4v) is 4.33. The van der Waals surface area contributed by atoms with Crippen LogP contribution in [0, 0.1) is 0 Å². The monoisotopic (exact) mass is 423 g/mol. The summed E-state index contributed by atoms with van der Waals surface area (Å²) in [7, 11) is -1.94. The average molecular weight is 423 g/mol. The lowest BCUT2D eigenvalue weighted by Gasteiger charge is -2.11. The van der Waals surface area contributed by atoms with Gasteiger partial charge in [0.2, 0.25) is 5.91 Å². The van der Waals surface area contributed by atoms with Crippen molar-refractivity contribution in [1.29, 1.82) is 0 Å². The maximum absolute atomic E-state index is 12.5. The Morgan fingerprint density at radius 1 is 1.17 bits per heavy atom. The third-order valence-corrected chi connectivity index (χ3v) is 6.14. The number of amides is 1. The second kappa shape index (κ2) is 8.16. The zero-order valence-corrected chi connectivity index (χ0v) is 17.2. The van der Waals surface area contributed by atoms with E-state index < -0.39 is 10.0 Å². The molecule has 0 spiro atoms. The highest BCUT2D eigenvalue weighted by Crippen LogP contribution is 2.21. The number of amidine groups is 1. The number of rotatable bonds is 5. The molecule has 1 aromatic heterocycles. The molecule has 2 heterocycles. The van der Waals surface area contributed by atoms with Gasteiger partial charge < -0.3 is 14.6 Å². The van der Waals surface area contributed by atoms with Crippen LogP contribution in [0.25, 0.3) is 17.0 Å². The molecule has 154 valence electrons. The number of furan rings is 1. The fourth-order valence-electron chi connectivity index (χ4n) is 3.24. The lowest BCUT2D eigenvalue weighted by atomic mass is 10.2. The molecule has 0 aliphatic carbocycles. The van der Waals surface area contributed by atoms with Crippen molar-refractivity contribution in [2.75, 3.05) is 18.9 Å². The van der Waals surface area contributed by atoms with E-state index in [-0.39, 0.29) is 10.8 Å². The SMILES string of the molecule is CN1CCCC1=NS(=O)(=O)c1ccc(NC(=O)C=Cc2cc3ccccc3o2)cc1. The standard InChI is InChI=1S/C22H21N3O4S/c1-25-14-4-7-21(25)24-30(27,28)19-11-8-17(9-12-19)23-22(26)13-10-18-15-16-5-2-3-6-20(16)29-18/h2-3,5-6,8-13,15H,4,7,14H2,1H3,(H,23,26). The Morgan fingerprint density at radius 2 is 1.93 bits per heavy atom. The molecule has 7 nitrogen and oxygen atoms in total. The van der Waals surface area contributed by atoms with Crippen LogP contribution < -0.4 is 5.32 Å². The third-order valence-electron chi connectivity index (χ3n) is 4.82. The molecule has 30 heavy (non-hydrogen) atoms. The van der Waals surface area contributed by atoms with E-state index in [0.29, 0.717) is 23.7 Å². The summed E-state index contributed by atoms with van der Waals surface area (Å²) >= 11 is 0. The summed E-state index contributed by atoms with van der Waals surface area (Å²) in [6, 6.07) is 15.4. The van der Waals surface area contributed by atoms with Crippen LogP contribution in [0.15, 0.2) is 74.4 Å². The van der Waals surface area contributed by atoms with E-state index in [1.807, 2.05) is 42.3 Å². The fraction of sp³-hybridized carbons (Fsp3) is 0.182. The summed E-state index contributed by atoms with van der Waals surface area (Å²) < 4.78 is 34.5. The van der Waals surface area contributed by atoms with Crippen molar-refractivity contribution in [1.82, 2.24) is 4.90 Å². The number of sulfonamides is 1. The zero-order valence-electron chi connectivity index (χ0n) is 16.4. The Balaban J connectivity index is 1.42. The molecule has 0 unspecified atom stereocenters. The van der Waals surface area contributed by atoms with Gasteiger partial charge in [0.25, 0.3) is 10.0 Å². The van der Waals surface area contributed by atoms with Gasteiger partial charge in [-0.1, -0.05) is 18.2 Å². The van der Waals surface area contributed by atoms with E-state index in [1.165, 1.54) is 18.2 Å². The number of hydrogen-bond donors (Lipinski definition) is 1. The summed E-state index contributed by atoms with van der Waals surface area (Å²) in [4.78, 5) is 14.1. The topological polar surface area (TPSA) is 92.0 Å². The van der Waals surface area contributed by atoms with Crippen LogP contribution in [0.3, 0.4) is 0 Å². The van der Waals surface area contributed by atoms with Gasteiger partial charge in [-0.15, -0.1) is 4.40 Å².